The molecule has 0 amide bonds. The Morgan fingerprint density at radius 3 is 1.26 bits per heavy atom. The third-order valence-corrected chi connectivity index (χ3v) is 11.6. The molecule has 8 nitrogen and oxygen atoms in total. The molecule has 0 bridgehead atoms. The first-order chi connectivity index (χ1) is 29.6. The van der Waals surface area contributed by atoms with Crippen LogP contribution < -0.4 is 5.11 Å². The van der Waals surface area contributed by atoms with E-state index in [2.05, 4.69) is 50.3 Å². The number of nitrogens with zero attached hydrogens (tertiary/aromatic N) is 1. The van der Waals surface area contributed by atoms with Crippen LogP contribution in [-0.4, -0.2) is 75.5 Å². The zero-order valence-electron chi connectivity index (χ0n) is 40.6. The Balaban J connectivity index is 4.27. The molecule has 0 aromatic carbocycles. The minimum absolute atomic E-state index is 0.0370. The number of carboxylic acids is 1. The van der Waals surface area contributed by atoms with Gasteiger partial charge in [0.1, 0.15) is 12.6 Å². The first-order valence-corrected chi connectivity index (χ1v) is 25.5. The SMILES string of the molecule is CCCCCCC/C=C/C=C/C=C/CCCCCCCC(=O)OCC(COCCC(C(=O)[O-])[N+](C)(C)C)OC(=O)CCCCCCCCCCCCCCCCCCCCC. The summed E-state index contributed by atoms with van der Waals surface area (Å²) in [5, 5.41) is 11.7. The van der Waals surface area contributed by atoms with Crippen LogP contribution >= 0.6 is 0 Å². The summed E-state index contributed by atoms with van der Waals surface area (Å²) < 4.78 is 17.2. The van der Waals surface area contributed by atoms with Gasteiger partial charge in [0.05, 0.1) is 40.3 Å². The molecule has 0 aromatic rings. The van der Waals surface area contributed by atoms with Gasteiger partial charge in [0.15, 0.2) is 6.10 Å². The molecule has 0 rings (SSSR count). The van der Waals surface area contributed by atoms with Crippen molar-refractivity contribution in [1.29, 1.82) is 0 Å². The Hall–Kier alpha value is -2.45. The van der Waals surface area contributed by atoms with Gasteiger partial charge in [-0.15, -0.1) is 0 Å². The molecule has 0 saturated carbocycles. The second-order valence-electron chi connectivity index (χ2n) is 18.5. The number of esters is 2. The van der Waals surface area contributed by atoms with Crippen LogP contribution in [0.3, 0.4) is 0 Å². The van der Waals surface area contributed by atoms with Crippen molar-refractivity contribution in [2.75, 3.05) is 41.0 Å². The molecule has 0 aromatic heterocycles. The minimum Gasteiger partial charge on any atom is -0.544 e. The van der Waals surface area contributed by atoms with Crippen LogP contribution in [0.1, 0.15) is 232 Å². The molecule has 0 saturated heterocycles. The molecule has 2 atom stereocenters. The van der Waals surface area contributed by atoms with Gasteiger partial charge in [-0.3, -0.25) is 9.59 Å². The van der Waals surface area contributed by atoms with Crippen LogP contribution in [0.2, 0.25) is 0 Å². The minimum atomic E-state index is -1.13. The lowest BCUT2D eigenvalue weighted by molar-refractivity contribution is -0.889. The number of unbranched alkanes of at least 4 members (excludes halogenated alkanes) is 28. The molecule has 2 unspecified atom stereocenters. The van der Waals surface area contributed by atoms with E-state index in [0.717, 1.165) is 64.2 Å². The second kappa shape index (κ2) is 44.2. The number of quaternary nitrogens is 1. The van der Waals surface area contributed by atoms with Crippen molar-refractivity contribution in [3.63, 3.8) is 0 Å². The fourth-order valence-electron chi connectivity index (χ4n) is 7.60. The third kappa shape index (κ3) is 42.6. The summed E-state index contributed by atoms with van der Waals surface area (Å²) >= 11 is 0. The van der Waals surface area contributed by atoms with Gasteiger partial charge in [-0.25, -0.2) is 0 Å². The summed E-state index contributed by atoms with van der Waals surface area (Å²) in [6.45, 7) is 4.66. The van der Waals surface area contributed by atoms with Crippen molar-refractivity contribution in [1.82, 2.24) is 0 Å². The lowest BCUT2D eigenvalue weighted by Gasteiger charge is -2.34. The highest BCUT2D eigenvalue weighted by Crippen LogP contribution is 2.16. The van der Waals surface area contributed by atoms with Crippen LogP contribution in [0.4, 0.5) is 0 Å². The van der Waals surface area contributed by atoms with E-state index in [0.29, 0.717) is 12.8 Å². The van der Waals surface area contributed by atoms with Crippen LogP contribution in [0.15, 0.2) is 36.5 Å². The maximum atomic E-state index is 12.8. The Labute approximate surface area is 376 Å². The van der Waals surface area contributed by atoms with Crippen molar-refractivity contribution in [2.45, 2.75) is 244 Å². The molecule has 0 N–H and O–H groups in total. The summed E-state index contributed by atoms with van der Waals surface area (Å²) in [6.07, 6.45) is 51.7. The highest BCUT2D eigenvalue weighted by molar-refractivity contribution is 5.70. The first-order valence-electron chi connectivity index (χ1n) is 25.5. The number of hydrogen-bond donors (Lipinski definition) is 0. The number of ether oxygens (including phenoxy) is 3. The van der Waals surface area contributed by atoms with E-state index in [1.807, 2.05) is 0 Å². The van der Waals surface area contributed by atoms with E-state index < -0.39 is 18.1 Å². The summed E-state index contributed by atoms with van der Waals surface area (Å²) in [7, 11) is 5.41. The van der Waals surface area contributed by atoms with Gasteiger partial charge in [0.25, 0.3) is 0 Å². The van der Waals surface area contributed by atoms with E-state index in [1.54, 1.807) is 21.1 Å². The average Bonchev–Trinajstić information content (AvgIpc) is 3.22. The molecule has 0 aliphatic rings. The summed E-state index contributed by atoms with van der Waals surface area (Å²) in [4.78, 5) is 37.0. The van der Waals surface area contributed by atoms with Gasteiger partial charge < -0.3 is 28.6 Å². The lowest BCUT2D eigenvalue weighted by atomic mass is 10.0. The number of rotatable bonds is 46. The normalized spacial score (nSPS) is 13.1. The summed E-state index contributed by atoms with van der Waals surface area (Å²) in [6, 6.07) is -0.728. The molecule has 0 fully saturated rings. The van der Waals surface area contributed by atoms with Gasteiger partial charge >= 0.3 is 11.9 Å². The molecule has 0 radical (unpaired) electrons. The Morgan fingerprint density at radius 2 is 0.869 bits per heavy atom. The second-order valence-corrected chi connectivity index (χ2v) is 18.5. The van der Waals surface area contributed by atoms with E-state index in [9.17, 15) is 19.5 Å². The fourth-order valence-corrected chi connectivity index (χ4v) is 7.60. The maximum Gasteiger partial charge on any atom is 0.306 e. The Kier molecular flexibility index (Phi) is 42.4. The van der Waals surface area contributed by atoms with E-state index in [4.69, 9.17) is 14.2 Å². The predicted octanol–water partition coefficient (Wildman–Crippen LogP) is 13.3. The topological polar surface area (TPSA) is 102 Å². The van der Waals surface area contributed by atoms with Gasteiger partial charge in [-0.05, 0) is 38.5 Å². The number of carbonyl (C=O) groups excluding carboxylic acids is 3. The summed E-state index contributed by atoms with van der Waals surface area (Å²) in [5.74, 6) is -1.75. The molecular formula is C53H97NO7. The smallest absolute Gasteiger partial charge is 0.306 e. The molecule has 61 heavy (non-hydrogen) atoms. The number of hydrogen-bond acceptors (Lipinski definition) is 7. The fraction of sp³-hybridized carbons (Fsp3) is 0.830. The predicted molar refractivity (Wildman–Crippen MR) is 254 cm³/mol. The molecule has 356 valence electrons. The molecular weight excluding hydrogens is 763 g/mol. The monoisotopic (exact) mass is 860 g/mol. The van der Waals surface area contributed by atoms with E-state index in [1.165, 1.54) is 135 Å². The number of likely N-dealkylation sites (N-methyl/N-ethyl adjacent to an activating group) is 1. The lowest BCUT2D eigenvalue weighted by Crippen LogP contribution is -2.55. The number of carboxylic acid groups (broad SMARTS) is 1. The largest absolute Gasteiger partial charge is 0.544 e. The number of carbonyl (C=O) groups is 3. The van der Waals surface area contributed by atoms with Crippen molar-refractivity contribution in [3.8, 4) is 0 Å². The van der Waals surface area contributed by atoms with Crippen LogP contribution in [0.25, 0.3) is 0 Å². The van der Waals surface area contributed by atoms with Crippen LogP contribution in [0.5, 0.6) is 0 Å². The Morgan fingerprint density at radius 1 is 0.492 bits per heavy atom. The van der Waals surface area contributed by atoms with Crippen molar-refractivity contribution >= 4 is 17.9 Å². The highest BCUT2D eigenvalue weighted by Gasteiger charge is 2.25. The van der Waals surface area contributed by atoms with Gasteiger partial charge in [-0.2, -0.15) is 0 Å². The van der Waals surface area contributed by atoms with Crippen molar-refractivity contribution in [2.24, 2.45) is 0 Å². The van der Waals surface area contributed by atoms with E-state index in [-0.39, 0.29) is 42.7 Å². The molecule has 0 heterocycles. The molecule has 0 aliphatic carbocycles. The number of allylic oxidation sites excluding steroid dienone is 6. The quantitative estimate of drug-likeness (QED) is 0.0260. The maximum absolute atomic E-state index is 12.8. The average molecular weight is 860 g/mol. The van der Waals surface area contributed by atoms with Crippen LogP contribution in [0, 0.1) is 0 Å². The van der Waals surface area contributed by atoms with Crippen molar-refractivity contribution < 1.29 is 38.2 Å². The molecule has 0 aliphatic heterocycles. The van der Waals surface area contributed by atoms with Gasteiger partial charge in [0, 0.05) is 19.3 Å². The van der Waals surface area contributed by atoms with Crippen molar-refractivity contribution in [3.05, 3.63) is 36.5 Å². The Bertz CT molecular complexity index is 1090. The standard InChI is InChI=1S/C53H97NO7/c1-6-8-10-12-14-16-18-20-22-24-26-28-30-32-34-36-38-40-42-44-52(56)61-49(47-59-46-45-50(53(57)58)54(3,4)5)48-60-51(55)43-41-39-37-35-33-31-29-27-25-23-21-19-17-15-13-11-9-7-2/h19,21,23,25,27,29,49-50H,6-18,20,22,24,26,28,30-48H2,1-5H3/b21-19+,25-23+,29-27+. The van der Waals surface area contributed by atoms with Crippen LogP contribution in [-0.2, 0) is 28.6 Å². The third-order valence-electron chi connectivity index (χ3n) is 11.6. The highest BCUT2D eigenvalue weighted by atomic mass is 16.6. The zero-order chi connectivity index (χ0) is 44.9. The first kappa shape index (κ1) is 58.6. The molecule has 8 heteroatoms. The van der Waals surface area contributed by atoms with Gasteiger partial charge in [0.2, 0.25) is 0 Å². The molecule has 0 spiro atoms. The number of aliphatic carboxylic acids is 1. The van der Waals surface area contributed by atoms with E-state index >= 15 is 0 Å². The van der Waals surface area contributed by atoms with Gasteiger partial charge in [-0.1, -0.05) is 211 Å². The summed E-state index contributed by atoms with van der Waals surface area (Å²) in [5.41, 5.74) is 0. The zero-order valence-corrected chi connectivity index (χ0v) is 40.6.